The minimum atomic E-state index is -1.59. The van der Waals surface area contributed by atoms with Crippen LogP contribution >= 0.6 is 0 Å². The molecular formula is C18H38O9. The maximum absolute atomic E-state index is 11.0. The SMILES string of the molecule is CC(O)COC(C)COC(CO)CC(O)(CC(O)CO)C(C)OCC(C)O. The minimum Gasteiger partial charge on any atom is -0.394 e. The van der Waals surface area contributed by atoms with Crippen molar-refractivity contribution in [3.05, 3.63) is 0 Å². The van der Waals surface area contributed by atoms with E-state index in [0.717, 1.165) is 0 Å². The highest BCUT2D eigenvalue weighted by atomic mass is 16.5. The van der Waals surface area contributed by atoms with Crippen molar-refractivity contribution in [3.63, 3.8) is 0 Å². The average molecular weight is 398 g/mol. The summed E-state index contributed by atoms with van der Waals surface area (Å²) in [6.45, 7) is 5.89. The topological polar surface area (TPSA) is 149 Å². The largest absolute Gasteiger partial charge is 0.394 e. The second-order valence-corrected chi connectivity index (χ2v) is 7.30. The van der Waals surface area contributed by atoms with Gasteiger partial charge < -0.3 is 44.8 Å². The fourth-order valence-corrected chi connectivity index (χ4v) is 2.52. The van der Waals surface area contributed by atoms with Crippen LogP contribution in [0.5, 0.6) is 0 Å². The van der Waals surface area contributed by atoms with Gasteiger partial charge in [0.1, 0.15) is 0 Å². The fourth-order valence-electron chi connectivity index (χ4n) is 2.52. The zero-order chi connectivity index (χ0) is 21.0. The van der Waals surface area contributed by atoms with E-state index in [4.69, 9.17) is 19.3 Å². The Morgan fingerprint density at radius 3 is 1.78 bits per heavy atom. The van der Waals surface area contributed by atoms with E-state index in [1.54, 1.807) is 27.7 Å². The Hall–Kier alpha value is -0.360. The summed E-state index contributed by atoms with van der Waals surface area (Å²) >= 11 is 0. The molecule has 9 nitrogen and oxygen atoms in total. The van der Waals surface area contributed by atoms with Crippen LogP contribution in [0.4, 0.5) is 0 Å². The van der Waals surface area contributed by atoms with E-state index in [2.05, 4.69) is 0 Å². The van der Waals surface area contributed by atoms with Gasteiger partial charge in [-0.2, -0.15) is 0 Å². The van der Waals surface area contributed by atoms with Crippen molar-refractivity contribution >= 4 is 0 Å². The number of rotatable bonds is 16. The Morgan fingerprint density at radius 1 is 0.741 bits per heavy atom. The van der Waals surface area contributed by atoms with Crippen LogP contribution in [0.15, 0.2) is 0 Å². The maximum atomic E-state index is 11.0. The summed E-state index contributed by atoms with van der Waals surface area (Å²) in [5.74, 6) is 0. The summed E-state index contributed by atoms with van der Waals surface area (Å²) in [6, 6.07) is 0. The van der Waals surface area contributed by atoms with E-state index in [1.807, 2.05) is 0 Å². The number of ether oxygens (including phenoxy) is 3. The molecule has 6 N–H and O–H groups in total. The molecule has 0 radical (unpaired) electrons. The predicted octanol–water partition coefficient (Wildman–Crippen LogP) is -1.20. The molecule has 0 aliphatic heterocycles. The first-order chi connectivity index (χ1) is 12.5. The molecule has 7 atom stereocenters. The van der Waals surface area contributed by atoms with E-state index in [0.29, 0.717) is 0 Å². The Morgan fingerprint density at radius 2 is 1.30 bits per heavy atom. The van der Waals surface area contributed by atoms with Gasteiger partial charge in [0.2, 0.25) is 0 Å². The van der Waals surface area contributed by atoms with Crippen molar-refractivity contribution in [2.75, 3.05) is 33.0 Å². The monoisotopic (exact) mass is 398 g/mol. The molecule has 0 rings (SSSR count). The van der Waals surface area contributed by atoms with E-state index < -0.39 is 42.7 Å². The molecule has 7 unspecified atom stereocenters. The quantitative estimate of drug-likeness (QED) is 0.188. The molecule has 0 spiro atoms. The Kier molecular flexibility index (Phi) is 13.6. The molecule has 0 heterocycles. The van der Waals surface area contributed by atoms with Gasteiger partial charge in [-0.1, -0.05) is 0 Å². The van der Waals surface area contributed by atoms with Crippen molar-refractivity contribution in [1.82, 2.24) is 0 Å². The van der Waals surface area contributed by atoms with E-state index in [-0.39, 0.29) is 45.4 Å². The standard InChI is InChI=1S/C18H38O9/c1-12(21)9-25-14(3)11-27-17(8-20)6-18(24,5-16(23)7-19)15(4)26-10-13(2)22/h12-17,19-24H,5-11H2,1-4H3. The van der Waals surface area contributed by atoms with E-state index >= 15 is 0 Å². The van der Waals surface area contributed by atoms with Crippen LogP contribution in [-0.4, -0.2) is 106 Å². The lowest BCUT2D eigenvalue weighted by atomic mass is 9.85. The lowest BCUT2D eigenvalue weighted by Gasteiger charge is -2.38. The number of hydrogen-bond acceptors (Lipinski definition) is 9. The molecule has 0 aromatic heterocycles. The van der Waals surface area contributed by atoms with Gasteiger partial charge in [-0.05, 0) is 27.7 Å². The lowest BCUT2D eigenvalue weighted by Crippen LogP contribution is -2.49. The van der Waals surface area contributed by atoms with Gasteiger partial charge in [0, 0.05) is 12.8 Å². The van der Waals surface area contributed by atoms with E-state index in [1.165, 1.54) is 0 Å². The third-order valence-electron chi connectivity index (χ3n) is 4.12. The highest BCUT2D eigenvalue weighted by Crippen LogP contribution is 2.27. The summed E-state index contributed by atoms with van der Waals surface area (Å²) in [5.41, 5.74) is -1.59. The zero-order valence-corrected chi connectivity index (χ0v) is 16.8. The first-order valence-corrected chi connectivity index (χ1v) is 9.37. The summed E-state index contributed by atoms with van der Waals surface area (Å²) in [6.07, 6.45) is -4.59. The van der Waals surface area contributed by atoms with Crippen LogP contribution in [0, 0.1) is 0 Å². The Bertz CT molecular complexity index is 367. The number of aliphatic hydroxyl groups is 6. The summed E-state index contributed by atoms with van der Waals surface area (Å²) in [7, 11) is 0. The first kappa shape index (κ1) is 26.6. The second kappa shape index (κ2) is 13.8. The maximum Gasteiger partial charge on any atom is 0.0956 e. The third-order valence-corrected chi connectivity index (χ3v) is 4.12. The van der Waals surface area contributed by atoms with Crippen LogP contribution in [0.1, 0.15) is 40.5 Å². The van der Waals surface area contributed by atoms with Crippen LogP contribution in [0.3, 0.4) is 0 Å². The Labute approximate surface area is 161 Å². The lowest BCUT2D eigenvalue weighted by molar-refractivity contribution is -0.161. The summed E-state index contributed by atoms with van der Waals surface area (Å²) < 4.78 is 16.5. The first-order valence-electron chi connectivity index (χ1n) is 9.37. The number of hydrogen-bond donors (Lipinski definition) is 6. The van der Waals surface area contributed by atoms with Gasteiger partial charge in [0.15, 0.2) is 0 Å². The van der Waals surface area contributed by atoms with E-state index in [9.17, 15) is 25.5 Å². The van der Waals surface area contributed by atoms with Gasteiger partial charge in [-0.25, -0.2) is 0 Å². The van der Waals surface area contributed by atoms with Gasteiger partial charge in [0.05, 0.1) is 75.3 Å². The summed E-state index contributed by atoms with van der Waals surface area (Å²) in [5, 5.41) is 58.1. The van der Waals surface area contributed by atoms with Crippen molar-refractivity contribution in [1.29, 1.82) is 0 Å². The minimum absolute atomic E-state index is 0.00638. The average Bonchev–Trinajstić information content (AvgIpc) is 2.60. The molecular weight excluding hydrogens is 360 g/mol. The molecule has 164 valence electrons. The molecule has 0 aliphatic rings. The van der Waals surface area contributed by atoms with Crippen LogP contribution in [0.25, 0.3) is 0 Å². The van der Waals surface area contributed by atoms with Crippen molar-refractivity contribution in [2.45, 2.75) is 82.8 Å². The molecule has 0 amide bonds. The van der Waals surface area contributed by atoms with Gasteiger partial charge in [0.25, 0.3) is 0 Å². The molecule has 0 aliphatic carbocycles. The van der Waals surface area contributed by atoms with Crippen molar-refractivity contribution in [2.24, 2.45) is 0 Å². The molecule has 0 saturated carbocycles. The highest BCUT2D eigenvalue weighted by Gasteiger charge is 2.39. The second-order valence-electron chi connectivity index (χ2n) is 7.30. The third kappa shape index (κ3) is 11.9. The molecule has 0 aromatic rings. The van der Waals surface area contributed by atoms with Crippen LogP contribution in [0.2, 0.25) is 0 Å². The van der Waals surface area contributed by atoms with Crippen molar-refractivity contribution < 1.29 is 44.8 Å². The summed E-state index contributed by atoms with van der Waals surface area (Å²) in [4.78, 5) is 0. The molecule has 0 saturated heterocycles. The molecule has 0 aromatic carbocycles. The molecule has 0 fully saturated rings. The normalized spacial score (nSPS) is 21.1. The van der Waals surface area contributed by atoms with Gasteiger partial charge >= 0.3 is 0 Å². The van der Waals surface area contributed by atoms with Crippen LogP contribution < -0.4 is 0 Å². The predicted molar refractivity (Wildman–Crippen MR) is 98.3 cm³/mol. The molecule has 0 bridgehead atoms. The van der Waals surface area contributed by atoms with Gasteiger partial charge in [-0.3, -0.25) is 0 Å². The zero-order valence-electron chi connectivity index (χ0n) is 16.8. The van der Waals surface area contributed by atoms with Crippen molar-refractivity contribution in [3.8, 4) is 0 Å². The molecule has 27 heavy (non-hydrogen) atoms. The smallest absolute Gasteiger partial charge is 0.0956 e. The van der Waals surface area contributed by atoms with Crippen LogP contribution in [-0.2, 0) is 14.2 Å². The Balaban J connectivity index is 4.87. The highest BCUT2D eigenvalue weighted by molar-refractivity contribution is 4.90. The van der Waals surface area contributed by atoms with Gasteiger partial charge in [-0.15, -0.1) is 0 Å². The number of aliphatic hydroxyl groups excluding tert-OH is 5. The fraction of sp³-hybridized carbons (Fsp3) is 1.00. The molecule has 9 heteroatoms.